The van der Waals surface area contributed by atoms with Crippen LogP contribution in [0.3, 0.4) is 0 Å². The number of hydrogen-bond acceptors (Lipinski definition) is 6. The van der Waals surface area contributed by atoms with Crippen LogP contribution in [-0.4, -0.2) is 35.3 Å². The van der Waals surface area contributed by atoms with Crippen LogP contribution in [0.4, 0.5) is 0 Å². The molecule has 1 aliphatic heterocycles. The molecule has 0 unspecified atom stereocenters. The van der Waals surface area contributed by atoms with Crippen molar-refractivity contribution in [2.75, 3.05) is 14.2 Å². The van der Waals surface area contributed by atoms with Crippen LogP contribution in [0.2, 0.25) is 10.0 Å². The average Bonchev–Trinajstić information content (AvgIpc) is 2.89. The topological polar surface area (TPSA) is 55.8 Å². The van der Waals surface area contributed by atoms with Crippen molar-refractivity contribution in [1.29, 1.82) is 0 Å². The van der Waals surface area contributed by atoms with E-state index in [0.29, 0.717) is 25.6 Å². The highest BCUT2D eigenvalue weighted by Crippen LogP contribution is 2.34. The molecule has 1 aliphatic rings. The Morgan fingerprint density at radius 3 is 2.54 bits per heavy atom. The number of thioether (sulfide) groups is 1. The monoisotopic (exact) mass is 453 g/mol. The normalized spacial score (nSPS) is 15.3. The lowest BCUT2D eigenvalue weighted by Crippen LogP contribution is -2.22. The van der Waals surface area contributed by atoms with E-state index in [4.69, 9.17) is 44.9 Å². The largest absolute Gasteiger partial charge is 0.493 e. The minimum absolute atomic E-state index is 0.165. The fourth-order valence-corrected chi connectivity index (χ4v) is 4.03. The van der Waals surface area contributed by atoms with E-state index in [2.05, 4.69) is 0 Å². The van der Waals surface area contributed by atoms with E-state index in [1.807, 2.05) is 0 Å². The second-order valence-corrected chi connectivity index (χ2v) is 8.18. The van der Waals surface area contributed by atoms with Crippen molar-refractivity contribution in [2.45, 2.75) is 0 Å². The maximum atomic E-state index is 12.4. The fourth-order valence-electron chi connectivity index (χ4n) is 2.37. The molecular formula is C19H13Cl2NO4S2. The van der Waals surface area contributed by atoms with Crippen LogP contribution < -0.4 is 9.47 Å². The third-order valence-corrected chi connectivity index (χ3v) is 5.86. The lowest BCUT2D eigenvalue weighted by Gasteiger charge is -2.11. The molecule has 5 nitrogen and oxygen atoms in total. The summed E-state index contributed by atoms with van der Waals surface area (Å²) in [6, 6.07) is 9.45. The molecule has 2 aromatic carbocycles. The van der Waals surface area contributed by atoms with E-state index >= 15 is 0 Å². The second-order valence-electron chi connectivity index (χ2n) is 5.66. The van der Waals surface area contributed by atoms with E-state index in [-0.39, 0.29) is 22.2 Å². The number of halogens is 2. The minimum Gasteiger partial charge on any atom is -0.493 e. The Labute approximate surface area is 181 Å². The first-order chi connectivity index (χ1) is 13.3. The Bertz CT molecular complexity index is 1020. The van der Waals surface area contributed by atoms with Crippen LogP contribution in [0.1, 0.15) is 15.9 Å². The van der Waals surface area contributed by atoms with Crippen LogP contribution in [0.5, 0.6) is 11.5 Å². The van der Waals surface area contributed by atoms with Gasteiger partial charge in [-0.3, -0.25) is 9.69 Å². The van der Waals surface area contributed by atoms with Gasteiger partial charge in [0.25, 0.3) is 5.91 Å². The SMILES string of the molecule is COc1cc(/C=C2\SC(=S)N(C)C2=O)ccc1OC(=O)c1ccc(Cl)cc1Cl. The zero-order valence-corrected chi connectivity index (χ0v) is 17.8. The van der Waals surface area contributed by atoms with Crippen molar-refractivity contribution in [2.24, 2.45) is 0 Å². The smallest absolute Gasteiger partial charge is 0.345 e. The zero-order valence-electron chi connectivity index (χ0n) is 14.7. The van der Waals surface area contributed by atoms with Crippen molar-refractivity contribution in [3.05, 3.63) is 62.5 Å². The molecule has 0 saturated carbocycles. The van der Waals surface area contributed by atoms with Gasteiger partial charge in [0.1, 0.15) is 4.32 Å². The standard InChI is InChI=1S/C19H13Cl2NO4S2/c1-22-17(23)16(28-19(22)27)8-10-3-6-14(15(7-10)25-2)26-18(24)12-5-4-11(20)9-13(12)21/h3-9H,1-2H3/b16-8-. The lowest BCUT2D eigenvalue weighted by atomic mass is 10.1. The number of amides is 1. The average molecular weight is 454 g/mol. The van der Waals surface area contributed by atoms with E-state index in [1.165, 1.54) is 35.9 Å². The zero-order chi connectivity index (χ0) is 20.4. The number of carbonyl (C=O) groups is 2. The van der Waals surface area contributed by atoms with Crippen LogP contribution in [0.15, 0.2) is 41.3 Å². The van der Waals surface area contributed by atoms with Crippen molar-refractivity contribution < 1.29 is 19.1 Å². The lowest BCUT2D eigenvalue weighted by molar-refractivity contribution is -0.121. The van der Waals surface area contributed by atoms with Gasteiger partial charge in [0.05, 0.1) is 22.6 Å². The molecule has 0 bridgehead atoms. The summed E-state index contributed by atoms with van der Waals surface area (Å²) in [5, 5.41) is 0.607. The summed E-state index contributed by atoms with van der Waals surface area (Å²) < 4.78 is 11.2. The highest BCUT2D eigenvalue weighted by atomic mass is 35.5. The third-order valence-electron chi connectivity index (χ3n) is 3.83. The predicted octanol–water partition coefficient (Wildman–Crippen LogP) is 5.05. The van der Waals surface area contributed by atoms with Gasteiger partial charge >= 0.3 is 5.97 Å². The Hall–Kier alpha value is -2.06. The van der Waals surface area contributed by atoms with Crippen LogP contribution in [0, 0.1) is 0 Å². The molecule has 0 atom stereocenters. The molecular weight excluding hydrogens is 441 g/mol. The van der Waals surface area contributed by atoms with Gasteiger partial charge < -0.3 is 9.47 Å². The van der Waals surface area contributed by atoms with E-state index in [0.717, 1.165) is 0 Å². The molecule has 1 saturated heterocycles. The number of rotatable bonds is 4. The molecule has 2 aromatic rings. The summed E-state index contributed by atoms with van der Waals surface area (Å²) in [6.07, 6.45) is 1.70. The van der Waals surface area contributed by atoms with Crippen molar-refractivity contribution >= 4 is 69.5 Å². The van der Waals surface area contributed by atoms with Gasteiger partial charge in [0, 0.05) is 12.1 Å². The number of ether oxygens (including phenoxy) is 2. The molecule has 3 rings (SSSR count). The van der Waals surface area contributed by atoms with Crippen molar-refractivity contribution in [3.63, 3.8) is 0 Å². The number of thiocarbonyl (C=S) groups is 1. The highest BCUT2D eigenvalue weighted by molar-refractivity contribution is 8.26. The van der Waals surface area contributed by atoms with Crippen molar-refractivity contribution in [1.82, 2.24) is 4.90 Å². The Balaban J connectivity index is 1.85. The minimum atomic E-state index is -0.639. The second kappa shape index (κ2) is 8.53. The van der Waals surface area contributed by atoms with Gasteiger partial charge in [0.15, 0.2) is 11.5 Å². The fraction of sp³-hybridized carbons (Fsp3) is 0.105. The molecule has 1 amide bonds. The van der Waals surface area contributed by atoms with Gasteiger partial charge in [-0.05, 0) is 42.0 Å². The van der Waals surface area contributed by atoms with Crippen LogP contribution in [0.25, 0.3) is 6.08 Å². The number of carbonyl (C=O) groups excluding carboxylic acids is 2. The van der Waals surface area contributed by atoms with E-state index in [9.17, 15) is 9.59 Å². The van der Waals surface area contributed by atoms with Gasteiger partial charge in [-0.15, -0.1) is 0 Å². The molecule has 1 fully saturated rings. The van der Waals surface area contributed by atoms with Crippen LogP contribution in [-0.2, 0) is 4.79 Å². The van der Waals surface area contributed by atoms with Crippen molar-refractivity contribution in [3.8, 4) is 11.5 Å². The summed E-state index contributed by atoms with van der Waals surface area (Å²) >= 11 is 18.2. The summed E-state index contributed by atoms with van der Waals surface area (Å²) in [4.78, 5) is 26.5. The quantitative estimate of drug-likeness (QED) is 0.279. The first-order valence-corrected chi connectivity index (χ1v) is 9.85. The Morgan fingerprint density at radius 2 is 1.93 bits per heavy atom. The molecule has 0 aliphatic carbocycles. The summed E-state index contributed by atoms with van der Waals surface area (Å²) in [5.74, 6) is -0.251. The Kier molecular flexibility index (Phi) is 6.30. The van der Waals surface area contributed by atoms with Gasteiger partial charge in [-0.25, -0.2) is 4.79 Å². The van der Waals surface area contributed by atoms with Gasteiger partial charge in [-0.1, -0.05) is 53.2 Å². The molecule has 9 heteroatoms. The number of benzene rings is 2. The maximum Gasteiger partial charge on any atom is 0.345 e. The number of esters is 1. The summed E-state index contributed by atoms with van der Waals surface area (Å²) in [5.41, 5.74) is 0.888. The molecule has 0 radical (unpaired) electrons. The first-order valence-electron chi connectivity index (χ1n) is 7.87. The molecule has 1 heterocycles. The maximum absolute atomic E-state index is 12.4. The van der Waals surface area contributed by atoms with E-state index < -0.39 is 5.97 Å². The highest BCUT2D eigenvalue weighted by Gasteiger charge is 2.28. The molecule has 0 N–H and O–H groups in total. The van der Waals surface area contributed by atoms with Gasteiger partial charge in [-0.2, -0.15) is 0 Å². The van der Waals surface area contributed by atoms with Gasteiger partial charge in [0.2, 0.25) is 0 Å². The first kappa shape index (κ1) is 20.7. The number of hydrogen-bond donors (Lipinski definition) is 0. The third kappa shape index (κ3) is 4.33. The number of methoxy groups -OCH3 is 1. The number of likely N-dealkylation sites (N-methyl/N-ethyl adjacent to an activating group) is 1. The molecule has 0 aromatic heterocycles. The number of nitrogens with zero attached hydrogens (tertiary/aromatic N) is 1. The summed E-state index contributed by atoms with van der Waals surface area (Å²) in [7, 11) is 3.08. The van der Waals surface area contributed by atoms with E-state index in [1.54, 1.807) is 37.4 Å². The molecule has 28 heavy (non-hydrogen) atoms. The van der Waals surface area contributed by atoms with Crippen LogP contribution >= 0.6 is 47.2 Å². The molecule has 0 spiro atoms. The predicted molar refractivity (Wildman–Crippen MR) is 115 cm³/mol. The summed E-state index contributed by atoms with van der Waals surface area (Å²) in [6.45, 7) is 0. The Morgan fingerprint density at radius 1 is 1.18 bits per heavy atom. The molecule has 144 valence electrons.